The van der Waals surface area contributed by atoms with E-state index in [1.54, 1.807) is 25.1 Å². The molecule has 0 heterocycles. The first-order valence-electron chi connectivity index (χ1n) is 9.66. The first-order valence-corrected chi connectivity index (χ1v) is 9.66. The van der Waals surface area contributed by atoms with E-state index in [0.29, 0.717) is 17.2 Å². The van der Waals surface area contributed by atoms with Gasteiger partial charge in [0.25, 0.3) is 5.91 Å². The second-order valence-electron chi connectivity index (χ2n) is 7.60. The third-order valence-electron chi connectivity index (χ3n) is 5.54. The molecule has 0 aliphatic heterocycles. The van der Waals surface area contributed by atoms with E-state index in [0.717, 1.165) is 24.0 Å². The molecule has 1 atom stereocenters. The standard InChI is InChI=1S/C23H28N2O2/c1-16-19(23(27)25(2)3)14-9-15-20(16)24-22(26)21(18-12-7-8-13-18)17-10-5-4-6-11-17/h4-6,9-11,14-15,18,21H,7-8,12-13H2,1-3H3,(H,24,26). The van der Waals surface area contributed by atoms with Crippen LogP contribution in [0.5, 0.6) is 0 Å². The number of nitrogens with one attached hydrogen (secondary N) is 1. The minimum Gasteiger partial charge on any atom is -0.345 e. The van der Waals surface area contributed by atoms with Gasteiger partial charge in [0.15, 0.2) is 0 Å². The SMILES string of the molecule is Cc1c(NC(=O)C(c2ccccc2)C2CCCC2)cccc1C(=O)N(C)C. The number of rotatable bonds is 5. The molecule has 1 saturated carbocycles. The fraction of sp³-hybridized carbons (Fsp3) is 0.391. The Kier molecular flexibility index (Phi) is 5.94. The van der Waals surface area contributed by atoms with Crippen molar-refractivity contribution in [3.05, 3.63) is 65.2 Å². The van der Waals surface area contributed by atoms with E-state index < -0.39 is 0 Å². The molecule has 142 valence electrons. The lowest BCUT2D eigenvalue weighted by Crippen LogP contribution is -2.27. The highest BCUT2D eigenvalue weighted by molar-refractivity contribution is 6.00. The Balaban J connectivity index is 1.88. The largest absolute Gasteiger partial charge is 0.345 e. The molecule has 1 aliphatic carbocycles. The Labute approximate surface area is 161 Å². The van der Waals surface area contributed by atoms with Gasteiger partial charge in [-0.25, -0.2) is 0 Å². The molecule has 2 aromatic carbocycles. The van der Waals surface area contributed by atoms with Crippen LogP contribution in [0.15, 0.2) is 48.5 Å². The van der Waals surface area contributed by atoms with Crippen molar-refractivity contribution in [2.45, 2.75) is 38.5 Å². The molecule has 1 unspecified atom stereocenters. The van der Waals surface area contributed by atoms with E-state index in [1.165, 1.54) is 12.8 Å². The normalized spacial score (nSPS) is 15.4. The average Bonchev–Trinajstić information content (AvgIpc) is 3.18. The highest BCUT2D eigenvalue weighted by atomic mass is 16.2. The smallest absolute Gasteiger partial charge is 0.253 e. The molecule has 0 radical (unpaired) electrons. The Bertz CT molecular complexity index is 808. The number of hydrogen-bond donors (Lipinski definition) is 1. The summed E-state index contributed by atoms with van der Waals surface area (Å²) < 4.78 is 0. The number of benzene rings is 2. The summed E-state index contributed by atoms with van der Waals surface area (Å²) in [6.07, 6.45) is 4.55. The van der Waals surface area contributed by atoms with Crippen LogP contribution in [0.2, 0.25) is 0 Å². The number of carbonyl (C=O) groups is 2. The van der Waals surface area contributed by atoms with Gasteiger partial charge in [-0.15, -0.1) is 0 Å². The van der Waals surface area contributed by atoms with Gasteiger partial charge in [-0.3, -0.25) is 9.59 Å². The minimum absolute atomic E-state index is 0.0191. The van der Waals surface area contributed by atoms with Crippen LogP contribution in [0.3, 0.4) is 0 Å². The molecule has 0 bridgehead atoms. The summed E-state index contributed by atoms with van der Waals surface area (Å²) in [5.74, 6) is 0.185. The second-order valence-corrected chi connectivity index (χ2v) is 7.60. The van der Waals surface area contributed by atoms with E-state index in [9.17, 15) is 9.59 Å². The van der Waals surface area contributed by atoms with Crippen LogP contribution >= 0.6 is 0 Å². The average molecular weight is 364 g/mol. The zero-order valence-corrected chi connectivity index (χ0v) is 16.4. The van der Waals surface area contributed by atoms with Crippen molar-refractivity contribution in [2.24, 2.45) is 5.92 Å². The van der Waals surface area contributed by atoms with Crippen LogP contribution in [0.4, 0.5) is 5.69 Å². The van der Waals surface area contributed by atoms with E-state index in [-0.39, 0.29) is 17.7 Å². The van der Waals surface area contributed by atoms with Gasteiger partial charge in [0.05, 0.1) is 5.92 Å². The van der Waals surface area contributed by atoms with Crippen LogP contribution in [0, 0.1) is 12.8 Å². The maximum Gasteiger partial charge on any atom is 0.253 e. The lowest BCUT2D eigenvalue weighted by atomic mass is 9.84. The molecular formula is C23H28N2O2. The molecule has 2 aromatic rings. The van der Waals surface area contributed by atoms with E-state index in [4.69, 9.17) is 0 Å². The number of amides is 2. The van der Waals surface area contributed by atoms with Crippen molar-refractivity contribution in [3.8, 4) is 0 Å². The predicted octanol–water partition coefficient (Wildman–Crippen LogP) is 4.61. The van der Waals surface area contributed by atoms with Crippen molar-refractivity contribution in [1.82, 2.24) is 4.90 Å². The van der Waals surface area contributed by atoms with Crippen molar-refractivity contribution in [3.63, 3.8) is 0 Å². The fourth-order valence-corrected chi connectivity index (χ4v) is 4.04. The molecule has 1 N–H and O–H groups in total. The molecular weight excluding hydrogens is 336 g/mol. The number of hydrogen-bond acceptors (Lipinski definition) is 2. The topological polar surface area (TPSA) is 49.4 Å². The number of nitrogens with zero attached hydrogens (tertiary/aromatic N) is 1. The van der Waals surface area contributed by atoms with Crippen LogP contribution in [-0.4, -0.2) is 30.8 Å². The maximum absolute atomic E-state index is 13.3. The third kappa shape index (κ3) is 4.21. The van der Waals surface area contributed by atoms with E-state index in [1.807, 2.05) is 49.4 Å². The van der Waals surface area contributed by atoms with Gasteiger partial charge in [0, 0.05) is 25.3 Å². The predicted molar refractivity (Wildman–Crippen MR) is 109 cm³/mol. The molecule has 0 saturated heterocycles. The monoisotopic (exact) mass is 364 g/mol. The maximum atomic E-state index is 13.3. The Morgan fingerprint density at radius 1 is 1.00 bits per heavy atom. The molecule has 4 nitrogen and oxygen atoms in total. The van der Waals surface area contributed by atoms with Gasteiger partial charge in [-0.05, 0) is 48.9 Å². The Morgan fingerprint density at radius 3 is 2.30 bits per heavy atom. The van der Waals surface area contributed by atoms with Crippen LogP contribution in [0.25, 0.3) is 0 Å². The summed E-state index contributed by atoms with van der Waals surface area (Å²) in [6, 6.07) is 15.6. The van der Waals surface area contributed by atoms with Gasteiger partial charge in [0.2, 0.25) is 5.91 Å². The van der Waals surface area contributed by atoms with Crippen molar-refractivity contribution in [2.75, 3.05) is 19.4 Å². The Hall–Kier alpha value is -2.62. The van der Waals surface area contributed by atoms with Gasteiger partial charge in [-0.2, -0.15) is 0 Å². The fourth-order valence-electron chi connectivity index (χ4n) is 4.04. The van der Waals surface area contributed by atoms with Crippen LogP contribution in [0.1, 0.15) is 53.1 Å². The lowest BCUT2D eigenvalue weighted by Gasteiger charge is -2.24. The summed E-state index contributed by atoms with van der Waals surface area (Å²) in [5.41, 5.74) is 3.21. The van der Waals surface area contributed by atoms with E-state index in [2.05, 4.69) is 5.32 Å². The number of carbonyl (C=O) groups excluding carboxylic acids is 2. The summed E-state index contributed by atoms with van der Waals surface area (Å²) in [5, 5.41) is 3.11. The van der Waals surface area contributed by atoms with Crippen molar-refractivity contribution in [1.29, 1.82) is 0 Å². The van der Waals surface area contributed by atoms with Crippen LogP contribution < -0.4 is 5.32 Å². The highest BCUT2D eigenvalue weighted by Gasteiger charge is 2.32. The third-order valence-corrected chi connectivity index (χ3v) is 5.54. The van der Waals surface area contributed by atoms with Crippen molar-refractivity contribution >= 4 is 17.5 Å². The Morgan fingerprint density at radius 2 is 1.67 bits per heavy atom. The second kappa shape index (κ2) is 8.38. The molecule has 4 heteroatoms. The molecule has 1 aliphatic rings. The van der Waals surface area contributed by atoms with Gasteiger partial charge in [-0.1, -0.05) is 49.2 Å². The summed E-state index contributed by atoms with van der Waals surface area (Å²) >= 11 is 0. The molecule has 2 amide bonds. The van der Waals surface area contributed by atoms with Crippen molar-refractivity contribution < 1.29 is 9.59 Å². The van der Waals surface area contributed by atoms with Gasteiger partial charge < -0.3 is 10.2 Å². The summed E-state index contributed by atoms with van der Waals surface area (Å²) in [7, 11) is 3.47. The lowest BCUT2D eigenvalue weighted by molar-refractivity contribution is -0.118. The molecule has 3 rings (SSSR count). The zero-order valence-electron chi connectivity index (χ0n) is 16.4. The first kappa shape index (κ1) is 19.2. The van der Waals surface area contributed by atoms with Gasteiger partial charge in [0.1, 0.15) is 0 Å². The van der Waals surface area contributed by atoms with Crippen LogP contribution in [-0.2, 0) is 4.79 Å². The highest BCUT2D eigenvalue weighted by Crippen LogP contribution is 2.38. The van der Waals surface area contributed by atoms with E-state index >= 15 is 0 Å². The molecule has 27 heavy (non-hydrogen) atoms. The van der Waals surface area contributed by atoms with Gasteiger partial charge >= 0.3 is 0 Å². The molecule has 0 spiro atoms. The summed E-state index contributed by atoms with van der Waals surface area (Å²) in [6.45, 7) is 1.89. The first-order chi connectivity index (χ1) is 13.0. The zero-order chi connectivity index (χ0) is 19.4. The summed E-state index contributed by atoms with van der Waals surface area (Å²) in [4.78, 5) is 27.2. The molecule has 1 fully saturated rings. The quantitative estimate of drug-likeness (QED) is 0.842. The minimum atomic E-state index is -0.152. The number of anilines is 1. The molecule has 0 aromatic heterocycles.